The summed E-state index contributed by atoms with van der Waals surface area (Å²) < 4.78 is 35.7. The van der Waals surface area contributed by atoms with E-state index < -0.39 is 15.4 Å². The molecule has 192 valence electrons. The fourth-order valence-corrected chi connectivity index (χ4v) is 4.59. The molecule has 0 aliphatic heterocycles. The number of sulfonamides is 1. The molecule has 0 saturated carbocycles. The van der Waals surface area contributed by atoms with Crippen LogP contribution >= 0.6 is 34.8 Å². The van der Waals surface area contributed by atoms with Crippen molar-refractivity contribution in [2.45, 2.75) is 25.9 Å². The van der Waals surface area contributed by atoms with Gasteiger partial charge in [-0.15, -0.1) is 0 Å². The number of carbonyl (C=O) groups excluding carboxylic acids is 1. The van der Waals surface area contributed by atoms with Gasteiger partial charge in [0.05, 0.1) is 22.8 Å². The minimum atomic E-state index is -3.44. The van der Waals surface area contributed by atoms with Gasteiger partial charge in [0.1, 0.15) is 19.0 Å². The minimum Gasteiger partial charge on any atom is -0.486 e. The summed E-state index contributed by atoms with van der Waals surface area (Å²) in [7, 11) is -3.44. The van der Waals surface area contributed by atoms with Gasteiger partial charge in [0.2, 0.25) is 10.0 Å². The van der Waals surface area contributed by atoms with Crippen molar-refractivity contribution in [3.8, 4) is 11.5 Å². The average molecular weight is 571 g/mol. The third kappa shape index (κ3) is 7.60. The van der Waals surface area contributed by atoms with E-state index in [1.165, 1.54) is 0 Å². The van der Waals surface area contributed by atoms with Crippen molar-refractivity contribution < 1.29 is 22.7 Å². The first-order valence-electron chi connectivity index (χ1n) is 10.9. The number of rotatable bonds is 11. The molecule has 0 aliphatic rings. The van der Waals surface area contributed by atoms with Crippen LogP contribution in [0.5, 0.6) is 11.5 Å². The number of hydrogen-bond acceptors (Lipinski definition) is 5. The molecule has 10 heteroatoms. The Hall–Kier alpha value is -2.29. The number of ketones is 1. The lowest BCUT2D eigenvalue weighted by Gasteiger charge is -2.27. The van der Waals surface area contributed by atoms with Gasteiger partial charge in [-0.05, 0) is 41.5 Å². The van der Waals surface area contributed by atoms with Crippen molar-refractivity contribution in [3.05, 3.63) is 92.4 Å². The normalized spacial score (nSPS) is 11.8. The zero-order valence-electron chi connectivity index (χ0n) is 20.0. The van der Waals surface area contributed by atoms with Crippen molar-refractivity contribution in [2.75, 3.05) is 19.4 Å². The summed E-state index contributed by atoms with van der Waals surface area (Å²) in [4.78, 5) is 11.8. The Kier molecular flexibility index (Phi) is 9.30. The largest absolute Gasteiger partial charge is 0.486 e. The van der Waals surface area contributed by atoms with Crippen LogP contribution in [0.2, 0.25) is 15.1 Å². The standard InChI is InChI=1S/C26H26Cl3NO5S/c1-26(2,18-8-10-21(11-9-18)34-16-20(31)14-30-36(3,32)33)19-12-23(28)25(24(29)13-19)35-15-17-6-4-5-7-22(17)27/h4-13,30H,14-16H2,1-3H3. The summed E-state index contributed by atoms with van der Waals surface area (Å²) >= 11 is 19.3. The van der Waals surface area contributed by atoms with Crippen LogP contribution in [0.3, 0.4) is 0 Å². The second kappa shape index (κ2) is 11.8. The van der Waals surface area contributed by atoms with Crippen LogP contribution in [-0.2, 0) is 26.8 Å². The molecule has 0 aromatic heterocycles. The van der Waals surface area contributed by atoms with E-state index in [4.69, 9.17) is 44.3 Å². The van der Waals surface area contributed by atoms with Gasteiger partial charge in [-0.2, -0.15) is 0 Å². The zero-order chi connectivity index (χ0) is 26.5. The highest BCUT2D eigenvalue weighted by Gasteiger charge is 2.26. The molecule has 0 radical (unpaired) electrons. The van der Waals surface area contributed by atoms with Gasteiger partial charge < -0.3 is 9.47 Å². The first-order chi connectivity index (χ1) is 16.9. The maximum Gasteiger partial charge on any atom is 0.209 e. The molecule has 0 atom stereocenters. The molecule has 0 unspecified atom stereocenters. The molecule has 36 heavy (non-hydrogen) atoms. The van der Waals surface area contributed by atoms with Gasteiger partial charge in [0.15, 0.2) is 11.5 Å². The molecule has 0 fully saturated rings. The highest BCUT2D eigenvalue weighted by atomic mass is 35.5. The molecule has 3 rings (SSSR count). The van der Waals surface area contributed by atoms with Crippen molar-refractivity contribution >= 4 is 50.6 Å². The number of benzene rings is 3. The van der Waals surface area contributed by atoms with Crippen LogP contribution in [0, 0.1) is 0 Å². The molecule has 6 nitrogen and oxygen atoms in total. The molecule has 0 spiro atoms. The third-order valence-electron chi connectivity index (χ3n) is 5.56. The zero-order valence-corrected chi connectivity index (χ0v) is 23.1. The number of Topliss-reactive ketones (excluding diaryl/α,β-unsaturated/α-hetero) is 1. The Morgan fingerprint density at radius 1 is 0.889 bits per heavy atom. The fraction of sp³-hybridized carbons (Fsp3) is 0.269. The molecule has 0 saturated heterocycles. The van der Waals surface area contributed by atoms with Crippen molar-refractivity contribution in [2.24, 2.45) is 0 Å². The lowest BCUT2D eigenvalue weighted by Crippen LogP contribution is -2.31. The van der Waals surface area contributed by atoms with Crippen LogP contribution in [0.25, 0.3) is 0 Å². The van der Waals surface area contributed by atoms with Gasteiger partial charge in [0.25, 0.3) is 0 Å². The van der Waals surface area contributed by atoms with Crippen LogP contribution in [-0.4, -0.2) is 33.6 Å². The summed E-state index contributed by atoms with van der Waals surface area (Å²) in [5, 5.41) is 1.38. The quantitative estimate of drug-likeness (QED) is 0.304. The first-order valence-corrected chi connectivity index (χ1v) is 13.9. The number of halogens is 3. The third-order valence-corrected chi connectivity index (χ3v) is 7.16. The molecule has 1 N–H and O–H groups in total. The van der Waals surface area contributed by atoms with Crippen molar-refractivity contribution in [1.29, 1.82) is 0 Å². The van der Waals surface area contributed by atoms with E-state index >= 15 is 0 Å². The minimum absolute atomic E-state index is 0.232. The number of hydrogen-bond donors (Lipinski definition) is 1. The molecular weight excluding hydrogens is 545 g/mol. The number of nitrogens with one attached hydrogen (secondary N) is 1. The molecule has 0 aliphatic carbocycles. The molecule has 0 heterocycles. The van der Waals surface area contributed by atoms with Crippen molar-refractivity contribution in [3.63, 3.8) is 0 Å². The summed E-state index contributed by atoms with van der Waals surface area (Å²) in [5.74, 6) is 0.490. The highest BCUT2D eigenvalue weighted by Crippen LogP contribution is 2.41. The summed E-state index contributed by atoms with van der Waals surface area (Å²) in [5.41, 5.74) is 2.23. The summed E-state index contributed by atoms with van der Waals surface area (Å²) in [6.45, 7) is 3.75. The van der Waals surface area contributed by atoms with Crippen LogP contribution < -0.4 is 14.2 Å². The van der Waals surface area contributed by atoms with Gasteiger partial charge in [-0.1, -0.05) is 79.0 Å². The van der Waals surface area contributed by atoms with E-state index in [1.54, 1.807) is 18.2 Å². The maximum absolute atomic E-state index is 11.8. The summed E-state index contributed by atoms with van der Waals surface area (Å²) in [6.07, 6.45) is 0.989. The highest BCUT2D eigenvalue weighted by molar-refractivity contribution is 7.88. The van der Waals surface area contributed by atoms with E-state index in [0.29, 0.717) is 26.6 Å². The molecular formula is C26H26Cl3NO5S. The van der Waals surface area contributed by atoms with Gasteiger partial charge in [0, 0.05) is 16.0 Å². The molecule has 3 aromatic rings. The Morgan fingerprint density at radius 2 is 1.50 bits per heavy atom. The van der Waals surface area contributed by atoms with E-state index in [9.17, 15) is 13.2 Å². The van der Waals surface area contributed by atoms with Crippen LogP contribution in [0.15, 0.2) is 60.7 Å². The SMILES string of the molecule is CC(C)(c1ccc(OCC(=O)CNS(C)(=O)=O)cc1)c1cc(Cl)c(OCc2ccccc2Cl)c(Cl)c1. The van der Waals surface area contributed by atoms with E-state index in [-0.39, 0.29) is 25.5 Å². The predicted molar refractivity (Wildman–Crippen MR) is 144 cm³/mol. The van der Waals surface area contributed by atoms with Gasteiger partial charge in [-0.3, -0.25) is 4.79 Å². The van der Waals surface area contributed by atoms with Gasteiger partial charge >= 0.3 is 0 Å². The lowest BCUT2D eigenvalue weighted by molar-refractivity contribution is -0.119. The molecule has 0 amide bonds. The Bertz CT molecular complexity index is 1320. The van der Waals surface area contributed by atoms with Crippen LogP contribution in [0.4, 0.5) is 0 Å². The summed E-state index contributed by atoms with van der Waals surface area (Å²) in [6, 6.07) is 18.3. The van der Waals surface area contributed by atoms with Gasteiger partial charge in [-0.25, -0.2) is 13.1 Å². The van der Waals surface area contributed by atoms with E-state index in [2.05, 4.69) is 4.72 Å². The maximum atomic E-state index is 11.8. The Morgan fingerprint density at radius 3 is 2.08 bits per heavy atom. The van der Waals surface area contributed by atoms with E-state index in [1.807, 2.05) is 56.3 Å². The smallest absolute Gasteiger partial charge is 0.209 e. The number of ether oxygens (including phenoxy) is 2. The van der Waals surface area contributed by atoms with Crippen molar-refractivity contribution in [1.82, 2.24) is 4.72 Å². The lowest BCUT2D eigenvalue weighted by atomic mass is 9.78. The Labute approximate surface area is 226 Å². The first kappa shape index (κ1) is 28.3. The van der Waals surface area contributed by atoms with E-state index in [0.717, 1.165) is 22.9 Å². The topological polar surface area (TPSA) is 81.7 Å². The number of carbonyl (C=O) groups is 1. The molecule has 0 bridgehead atoms. The predicted octanol–water partition coefficient (Wildman–Crippen LogP) is 6.05. The fourth-order valence-electron chi connectivity index (χ4n) is 3.38. The second-order valence-corrected chi connectivity index (χ2v) is 11.8. The monoisotopic (exact) mass is 569 g/mol. The Balaban J connectivity index is 1.69. The van der Waals surface area contributed by atoms with Crippen LogP contribution in [0.1, 0.15) is 30.5 Å². The average Bonchev–Trinajstić information content (AvgIpc) is 2.81. The molecule has 3 aromatic carbocycles. The second-order valence-electron chi connectivity index (χ2n) is 8.72.